The Balaban J connectivity index is 2.98. The van der Waals surface area contributed by atoms with Crippen molar-refractivity contribution in [1.82, 2.24) is 5.32 Å². The van der Waals surface area contributed by atoms with E-state index in [1.54, 1.807) is 7.05 Å². The number of nitrogens with two attached hydrogens (primary N) is 1. The second kappa shape index (κ2) is 4.54. The molecular formula is C7H8Br2N2OS. The van der Waals surface area contributed by atoms with Crippen molar-refractivity contribution in [2.75, 3.05) is 7.05 Å². The number of likely N-dealkylation sites (N-methyl/N-ethyl adjacent to an activating group) is 1. The van der Waals surface area contributed by atoms with E-state index >= 15 is 0 Å². The van der Waals surface area contributed by atoms with E-state index in [9.17, 15) is 4.79 Å². The van der Waals surface area contributed by atoms with Crippen LogP contribution in [0.5, 0.6) is 0 Å². The second-order valence-electron chi connectivity index (χ2n) is 2.39. The molecule has 6 heteroatoms. The Morgan fingerprint density at radius 2 is 2.31 bits per heavy atom. The van der Waals surface area contributed by atoms with Crippen LogP contribution in [0.4, 0.5) is 0 Å². The van der Waals surface area contributed by atoms with Crippen LogP contribution in [0.25, 0.3) is 0 Å². The highest BCUT2D eigenvalue weighted by Gasteiger charge is 2.18. The first kappa shape index (κ1) is 11.2. The van der Waals surface area contributed by atoms with Gasteiger partial charge in [-0.05, 0) is 45.0 Å². The van der Waals surface area contributed by atoms with Gasteiger partial charge in [0.05, 0.1) is 3.79 Å². The molecule has 0 aliphatic heterocycles. The molecule has 72 valence electrons. The first-order valence-corrected chi connectivity index (χ1v) is 5.87. The molecule has 0 radical (unpaired) electrons. The molecular weight excluding hydrogens is 320 g/mol. The summed E-state index contributed by atoms with van der Waals surface area (Å²) in [6.07, 6.45) is 0. The van der Waals surface area contributed by atoms with Gasteiger partial charge in [0.25, 0.3) is 0 Å². The van der Waals surface area contributed by atoms with E-state index in [0.717, 1.165) is 13.1 Å². The van der Waals surface area contributed by atoms with Crippen LogP contribution in [0, 0.1) is 0 Å². The predicted molar refractivity (Wildman–Crippen MR) is 60.7 cm³/mol. The van der Waals surface area contributed by atoms with Crippen molar-refractivity contribution in [2.45, 2.75) is 6.04 Å². The SMILES string of the molecule is CNC(C(N)=O)c1cc(Br)c(Br)s1. The number of amides is 1. The maximum absolute atomic E-state index is 11.0. The van der Waals surface area contributed by atoms with Gasteiger partial charge in [0.2, 0.25) is 5.91 Å². The van der Waals surface area contributed by atoms with Crippen LogP contribution >= 0.6 is 43.2 Å². The molecule has 0 saturated carbocycles. The third-order valence-corrected chi connectivity index (χ3v) is 4.84. The smallest absolute Gasteiger partial charge is 0.239 e. The first-order chi connectivity index (χ1) is 6.06. The van der Waals surface area contributed by atoms with Crippen LogP contribution in [0.1, 0.15) is 10.9 Å². The second-order valence-corrected chi connectivity index (χ2v) is 5.65. The molecule has 3 N–H and O–H groups in total. The summed E-state index contributed by atoms with van der Waals surface area (Å²) < 4.78 is 1.90. The van der Waals surface area contributed by atoms with E-state index in [1.807, 2.05) is 6.07 Å². The van der Waals surface area contributed by atoms with Crippen molar-refractivity contribution in [3.63, 3.8) is 0 Å². The Morgan fingerprint density at radius 1 is 1.69 bits per heavy atom. The fourth-order valence-electron chi connectivity index (χ4n) is 0.930. The Labute approximate surface area is 97.0 Å². The van der Waals surface area contributed by atoms with Gasteiger partial charge in [0, 0.05) is 9.35 Å². The van der Waals surface area contributed by atoms with Gasteiger partial charge < -0.3 is 11.1 Å². The van der Waals surface area contributed by atoms with Crippen molar-refractivity contribution < 1.29 is 4.79 Å². The van der Waals surface area contributed by atoms with Gasteiger partial charge in [0.15, 0.2) is 0 Å². The summed E-state index contributed by atoms with van der Waals surface area (Å²) in [5.74, 6) is -0.372. The zero-order valence-electron chi connectivity index (χ0n) is 6.80. The number of halogens is 2. The van der Waals surface area contributed by atoms with E-state index in [1.165, 1.54) is 11.3 Å². The van der Waals surface area contributed by atoms with Crippen molar-refractivity contribution in [3.05, 3.63) is 19.2 Å². The summed E-state index contributed by atoms with van der Waals surface area (Å²) in [5.41, 5.74) is 5.21. The fraction of sp³-hybridized carbons (Fsp3) is 0.286. The lowest BCUT2D eigenvalue weighted by Crippen LogP contribution is -2.30. The molecule has 1 atom stereocenters. The molecule has 0 bridgehead atoms. The third kappa shape index (κ3) is 2.52. The predicted octanol–water partition coefficient (Wildman–Crippen LogP) is 2.02. The van der Waals surface area contributed by atoms with E-state index in [-0.39, 0.29) is 5.91 Å². The zero-order valence-corrected chi connectivity index (χ0v) is 10.8. The van der Waals surface area contributed by atoms with Crippen molar-refractivity contribution >= 4 is 49.1 Å². The van der Waals surface area contributed by atoms with Crippen LogP contribution in [0.3, 0.4) is 0 Å². The lowest BCUT2D eigenvalue weighted by atomic mass is 10.2. The van der Waals surface area contributed by atoms with E-state index < -0.39 is 6.04 Å². The number of carbonyl (C=O) groups excluding carboxylic acids is 1. The summed E-state index contributed by atoms with van der Waals surface area (Å²) >= 11 is 8.18. The Bertz CT molecular complexity index is 307. The molecule has 0 spiro atoms. The van der Waals surface area contributed by atoms with Crippen LogP contribution in [-0.4, -0.2) is 13.0 Å². The number of hydrogen-bond donors (Lipinski definition) is 2. The number of rotatable bonds is 3. The quantitative estimate of drug-likeness (QED) is 0.892. The highest BCUT2D eigenvalue weighted by atomic mass is 79.9. The van der Waals surface area contributed by atoms with Crippen molar-refractivity contribution in [2.24, 2.45) is 5.73 Å². The minimum atomic E-state index is -0.410. The van der Waals surface area contributed by atoms with Gasteiger partial charge in [-0.25, -0.2) is 0 Å². The monoisotopic (exact) mass is 326 g/mol. The normalized spacial score (nSPS) is 12.8. The van der Waals surface area contributed by atoms with E-state index in [2.05, 4.69) is 37.2 Å². The Morgan fingerprint density at radius 3 is 2.62 bits per heavy atom. The van der Waals surface area contributed by atoms with Crippen LogP contribution in [0.2, 0.25) is 0 Å². The molecule has 0 aromatic carbocycles. The number of carbonyl (C=O) groups is 1. The van der Waals surface area contributed by atoms with Crippen molar-refractivity contribution in [3.8, 4) is 0 Å². The van der Waals surface area contributed by atoms with Crippen LogP contribution in [-0.2, 0) is 4.79 Å². The number of hydrogen-bond acceptors (Lipinski definition) is 3. The highest BCUT2D eigenvalue weighted by molar-refractivity contribution is 9.13. The van der Waals surface area contributed by atoms with Gasteiger partial charge in [0.1, 0.15) is 6.04 Å². The standard InChI is InChI=1S/C7H8Br2N2OS/c1-11-5(7(10)12)4-2-3(8)6(9)13-4/h2,5,11H,1H3,(H2,10,12). The minimum absolute atomic E-state index is 0.372. The molecule has 1 amide bonds. The number of thiophene rings is 1. The van der Waals surface area contributed by atoms with Gasteiger partial charge in [-0.3, -0.25) is 4.79 Å². The summed E-state index contributed by atoms with van der Waals surface area (Å²) in [6.45, 7) is 0. The van der Waals surface area contributed by atoms with E-state index in [0.29, 0.717) is 0 Å². The number of primary amides is 1. The molecule has 0 aliphatic rings. The summed E-state index contributed by atoms with van der Waals surface area (Å²) in [7, 11) is 1.71. The lowest BCUT2D eigenvalue weighted by molar-refractivity contribution is -0.119. The van der Waals surface area contributed by atoms with Crippen LogP contribution in [0.15, 0.2) is 14.3 Å². The molecule has 3 nitrogen and oxygen atoms in total. The largest absolute Gasteiger partial charge is 0.368 e. The molecule has 1 unspecified atom stereocenters. The lowest BCUT2D eigenvalue weighted by Gasteiger charge is -2.08. The summed E-state index contributed by atoms with van der Waals surface area (Å²) in [4.78, 5) is 11.9. The van der Waals surface area contributed by atoms with Gasteiger partial charge in [-0.1, -0.05) is 0 Å². The van der Waals surface area contributed by atoms with Gasteiger partial charge >= 0.3 is 0 Å². The molecule has 1 rings (SSSR count). The molecule has 0 fully saturated rings. The molecule has 0 aliphatic carbocycles. The zero-order chi connectivity index (χ0) is 10.0. The molecule has 1 aromatic rings. The van der Waals surface area contributed by atoms with Crippen molar-refractivity contribution in [1.29, 1.82) is 0 Å². The van der Waals surface area contributed by atoms with E-state index in [4.69, 9.17) is 5.73 Å². The maximum Gasteiger partial charge on any atom is 0.239 e. The topological polar surface area (TPSA) is 55.1 Å². The fourth-order valence-corrected chi connectivity index (χ4v) is 3.14. The first-order valence-electron chi connectivity index (χ1n) is 3.47. The maximum atomic E-state index is 11.0. The molecule has 0 saturated heterocycles. The number of nitrogens with one attached hydrogen (secondary N) is 1. The average Bonchev–Trinajstić information content (AvgIpc) is 2.32. The van der Waals surface area contributed by atoms with Gasteiger partial charge in [-0.15, -0.1) is 11.3 Å². The summed E-state index contributed by atoms with van der Waals surface area (Å²) in [6, 6.07) is 1.47. The summed E-state index contributed by atoms with van der Waals surface area (Å²) in [5, 5.41) is 2.85. The Hall–Kier alpha value is 0.0900. The Kier molecular flexibility index (Phi) is 3.90. The molecule has 13 heavy (non-hydrogen) atoms. The third-order valence-electron chi connectivity index (χ3n) is 1.52. The minimum Gasteiger partial charge on any atom is -0.368 e. The highest BCUT2D eigenvalue weighted by Crippen LogP contribution is 2.35. The molecule has 1 aromatic heterocycles. The molecule has 1 heterocycles. The average molecular weight is 328 g/mol. The van der Waals surface area contributed by atoms with Gasteiger partial charge in [-0.2, -0.15) is 0 Å². The van der Waals surface area contributed by atoms with Crippen LogP contribution < -0.4 is 11.1 Å².